The van der Waals surface area contributed by atoms with Crippen molar-refractivity contribution < 1.29 is 4.74 Å². The molecule has 5 heterocycles. The lowest BCUT2D eigenvalue weighted by Crippen LogP contribution is -2.44. The SMILES string of the molecule is C[C@H]1C[C@H](Cc2ccn3ncc(-n4ccc(=O)[nH]c4=O)c3c2)CCN1CC1CCOCC1. The number of pyridine rings is 1. The van der Waals surface area contributed by atoms with Gasteiger partial charge in [-0.1, -0.05) is 0 Å². The number of fused-ring (bicyclic) bond motifs is 1. The topological polar surface area (TPSA) is 84.6 Å². The molecule has 0 bridgehead atoms. The van der Waals surface area contributed by atoms with Crippen LogP contribution in [0.2, 0.25) is 0 Å². The fraction of sp³-hybridized carbons (Fsp3) is 0.542. The molecule has 1 N–H and O–H groups in total. The van der Waals surface area contributed by atoms with E-state index in [1.165, 1.54) is 54.6 Å². The molecule has 0 radical (unpaired) electrons. The molecule has 0 saturated carbocycles. The summed E-state index contributed by atoms with van der Waals surface area (Å²) in [4.78, 5) is 28.7. The van der Waals surface area contributed by atoms with Crippen LogP contribution in [-0.4, -0.2) is 56.4 Å². The molecule has 5 rings (SSSR count). The molecule has 8 nitrogen and oxygen atoms in total. The molecule has 170 valence electrons. The van der Waals surface area contributed by atoms with Crippen molar-refractivity contribution in [3.05, 3.63) is 63.2 Å². The van der Waals surface area contributed by atoms with Gasteiger partial charge in [0.2, 0.25) is 0 Å². The third-order valence-electron chi connectivity index (χ3n) is 7.13. The highest BCUT2D eigenvalue weighted by Crippen LogP contribution is 2.29. The smallest absolute Gasteiger partial charge is 0.333 e. The molecule has 32 heavy (non-hydrogen) atoms. The van der Waals surface area contributed by atoms with Gasteiger partial charge in [-0.05, 0) is 75.1 Å². The van der Waals surface area contributed by atoms with Crippen molar-refractivity contribution in [3.8, 4) is 5.69 Å². The van der Waals surface area contributed by atoms with Gasteiger partial charge in [-0.15, -0.1) is 0 Å². The van der Waals surface area contributed by atoms with Crippen molar-refractivity contribution in [2.75, 3.05) is 26.3 Å². The van der Waals surface area contributed by atoms with E-state index in [9.17, 15) is 9.59 Å². The number of likely N-dealkylation sites (tertiary alicyclic amines) is 1. The van der Waals surface area contributed by atoms with E-state index in [1.54, 1.807) is 10.7 Å². The Labute approximate surface area is 186 Å². The lowest BCUT2D eigenvalue weighted by molar-refractivity contribution is 0.0347. The van der Waals surface area contributed by atoms with Crippen molar-refractivity contribution in [1.29, 1.82) is 0 Å². The zero-order valence-corrected chi connectivity index (χ0v) is 18.6. The number of aromatic nitrogens is 4. The first-order valence-electron chi connectivity index (χ1n) is 11.7. The van der Waals surface area contributed by atoms with E-state index in [4.69, 9.17) is 4.74 Å². The first-order valence-corrected chi connectivity index (χ1v) is 11.7. The van der Waals surface area contributed by atoms with Crippen LogP contribution < -0.4 is 11.2 Å². The molecule has 3 aromatic heterocycles. The molecule has 8 heteroatoms. The van der Waals surface area contributed by atoms with Crippen LogP contribution in [0.3, 0.4) is 0 Å². The molecule has 2 aliphatic heterocycles. The van der Waals surface area contributed by atoms with Crippen LogP contribution in [0.4, 0.5) is 0 Å². The van der Waals surface area contributed by atoms with Crippen molar-refractivity contribution in [1.82, 2.24) is 24.1 Å². The Morgan fingerprint density at radius 2 is 1.97 bits per heavy atom. The van der Waals surface area contributed by atoms with E-state index >= 15 is 0 Å². The maximum Gasteiger partial charge on any atom is 0.333 e. The zero-order chi connectivity index (χ0) is 22.1. The number of nitrogens with zero attached hydrogens (tertiary/aromatic N) is 4. The third kappa shape index (κ3) is 4.42. The number of H-pyrrole nitrogens is 1. The average molecular weight is 438 g/mol. The largest absolute Gasteiger partial charge is 0.381 e. The Morgan fingerprint density at radius 3 is 2.75 bits per heavy atom. The van der Waals surface area contributed by atoms with Crippen LogP contribution in [0, 0.1) is 11.8 Å². The van der Waals surface area contributed by atoms with E-state index in [0.717, 1.165) is 37.6 Å². The fourth-order valence-corrected chi connectivity index (χ4v) is 5.30. The van der Waals surface area contributed by atoms with Crippen molar-refractivity contribution >= 4 is 5.52 Å². The van der Waals surface area contributed by atoms with Crippen molar-refractivity contribution in [2.24, 2.45) is 11.8 Å². The summed E-state index contributed by atoms with van der Waals surface area (Å²) in [5.41, 5.74) is 1.94. The number of hydrogen-bond acceptors (Lipinski definition) is 5. The minimum Gasteiger partial charge on any atom is -0.381 e. The summed E-state index contributed by atoms with van der Waals surface area (Å²) in [5, 5.41) is 4.37. The minimum absolute atomic E-state index is 0.402. The minimum atomic E-state index is -0.455. The third-order valence-corrected chi connectivity index (χ3v) is 7.13. The number of hydrogen-bond donors (Lipinski definition) is 1. The number of aromatic amines is 1. The molecule has 2 atom stereocenters. The lowest BCUT2D eigenvalue weighted by atomic mass is 9.85. The van der Waals surface area contributed by atoms with Crippen LogP contribution in [0.15, 0.2) is 46.4 Å². The monoisotopic (exact) mass is 437 g/mol. The summed E-state index contributed by atoms with van der Waals surface area (Å²) < 4.78 is 8.72. The van der Waals surface area contributed by atoms with Crippen molar-refractivity contribution in [3.63, 3.8) is 0 Å². The molecule has 0 spiro atoms. The van der Waals surface area contributed by atoms with E-state index < -0.39 is 11.2 Å². The summed E-state index contributed by atoms with van der Waals surface area (Å²) in [6.07, 6.45) is 10.9. The molecule has 2 fully saturated rings. The Kier molecular flexibility index (Phi) is 5.97. The standard InChI is InChI=1S/C24H31N5O3/c1-17-12-19(2-7-27(17)16-18-5-10-32-11-6-18)13-20-3-9-29-21(14-20)22(15-25-29)28-8-4-23(30)26-24(28)31/h3-4,8-9,14-15,17-19H,2,5-7,10-13,16H2,1H3,(H,26,30,31)/t17-,19+/m0/s1. The molecule has 0 aromatic carbocycles. The lowest BCUT2D eigenvalue weighted by Gasteiger charge is -2.40. The summed E-state index contributed by atoms with van der Waals surface area (Å²) in [5.74, 6) is 1.43. The van der Waals surface area contributed by atoms with E-state index in [-0.39, 0.29) is 0 Å². The van der Waals surface area contributed by atoms with Gasteiger partial charge in [-0.25, -0.2) is 9.31 Å². The van der Waals surface area contributed by atoms with Gasteiger partial charge in [0, 0.05) is 44.3 Å². The van der Waals surface area contributed by atoms with Crippen LogP contribution >= 0.6 is 0 Å². The second kappa shape index (κ2) is 9.03. The average Bonchev–Trinajstić information content (AvgIpc) is 3.19. The van der Waals surface area contributed by atoms with Gasteiger partial charge in [0.15, 0.2) is 0 Å². The van der Waals surface area contributed by atoms with Crippen molar-refractivity contribution in [2.45, 2.75) is 45.1 Å². The fourth-order valence-electron chi connectivity index (χ4n) is 5.30. The highest BCUT2D eigenvalue weighted by atomic mass is 16.5. The molecule has 2 saturated heterocycles. The maximum absolute atomic E-state index is 12.3. The number of rotatable bonds is 5. The summed E-state index contributed by atoms with van der Waals surface area (Å²) in [6.45, 7) is 6.57. The zero-order valence-electron chi connectivity index (χ0n) is 18.6. The Bertz CT molecular complexity index is 1190. The molecule has 2 aliphatic rings. The van der Waals surface area contributed by atoms with Crippen LogP contribution in [0.5, 0.6) is 0 Å². The predicted molar refractivity (Wildman–Crippen MR) is 122 cm³/mol. The molecular formula is C24H31N5O3. The van der Waals surface area contributed by atoms with E-state index in [0.29, 0.717) is 17.6 Å². The molecule has 0 unspecified atom stereocenters. The first-order chi connectivity index (χ1) is 15.6. The van der Waals surface area contributed by atoms with Gasteiger partial charge < -0.3 is 9.64 Å². The molecule has 0 aliphatic carbocycles. The molecular weight excluding hydrogens is 406 g/mol. The van der Waals surface area contributed by atoms with E-state index in [1.807, 2.05) is 6.20 Å². The maximum atomic E-state index is 12.3. The second-order valence-corrected chi connectivity index (χ2v) is 9.37. The Balaban J connectivity index is 1.28. The van der Waals surface area contributed by atoms with Gasteiger partial charge in [0.25, 0.3) is 5.56 Å². The summed E-state index contributed by atoms with van der Waals surface area (Å²) in [6, 6.07) is 6.20. The van der Waals surface area contributed by atoms with Gasteiger partial charge >= 0.3 is 5.69 Å². The summed E-state index contributed by atoms with van der Waals surface area (Å²) in [7, 11) is 0. The number of ether oxygens (including phenoxy) is 1. The van der Waals surface area contributed by atoms with Gasteiger partial charge in [0.05, 0.1) is 17.4 Å². The van der Waals surface area contributed by atoms with Gasteiger partial charge in [-0.2, -0.15) is 5.10 Å². The number of piperidine rings is 1. The Hall–Kier alpha value is -2.71. The molecule has 3 aromatic rings. The molecule has 0 amide bonds. The number of nitrogens with one attached hydrogen (secondary N) is 1. The highest BCUT2D eigenvalue weighted by Gasteiger charge is 2.28. The second-order valence-electron chi connectivity index (χ2n) is 9.37. The highest BCUT2D eigenvalue weighted by molar-refractivity contribution is 5.64. The Morgan fingerprint density at radius 1 is 1.12 bits per heavy atom. The normalized spacial score (nSPS) is 23.0. The van der Waals surface area contributed by atoms with Gasteiger partial charge in [-0.3, -0.25) is 14.3 Å². The van der Waals surface area contributed by atoms with Crippen LogP contribution in [0.25, 0.3) is 11.2 Å². The van der Waals surface area contributed by atoms with E-state index in [2.05, 4.69) is 34.0 Å². The quantitative estimate of drug-likeness (QED) is 0.662. The van der Waals surface area contributed by atoms with Crippen LogP contribution in [-0.2, 0) is 11.2 Å². The summed E-state index contributed by atoms with van der Waals surface area (Å²) >= 11 is 0. The predicted octanol–water partition coefficient (Wildman–Crippen LogP) is 2.24. The van der Waals surface area contributed by atoms with Crippen LogP contribution in [0.1, 0.15) is 38.2 Å². The first kappa shape index (κ1) is 21.2. The van der Waals surface area contributed by atoms with Gasteiger partial charge in [0.1, 0.15) is 0 Å².